The predicted molar refractivity (Wildman–Crippen MR) is 87.4 cm³/mol. The second-order valence-electron chi connectivity index (χ2n) is 4.47. The summed E-state index contributed by atoms with van der Waals surface area (Å²) in [5.41, 5.74) is 4.88. The van der Waals surface area contributed by atoms with Crippen LogP contribution in [0.4, 0.5) is 5.69 Å². The van der Waals surface area contributed by atoms with Gasteiger partial charge in [0.1, 0.15) is 0 Å². The van der Waals surface area contributed by atoms with E-state index in [1.54, 1.807) is 0 Å². The Kier molecular flexibility index (Phi) is 4.43. The minimum absolute atomic E-state index is 0.980. The fraction of sp³-hybridized carbons (Fsp3) is 0.400. The van der Waals surface area contributed by atoms with Gasteiger partial charge in [-0.25, -0.2) is 0 Å². The number of nitrogens with one attached hydrogen (secondary N) is 1. The van der Waals surface area contributed by atoms with Gasteiger partial charge >= 0.3 is 0 Å². The van der Waals surface area contributed by atoms with Gasteiger partial charge in [0.25, 0.3) is 0 Å². The highest BCUT2D eigenvalue weighted by Gasteiger charge is 2.11. The lowest BCUT2D eigenvalue weighted by Gasteiger charge is -2.15. The highest BCUT2D eigenvalue weighted by molar-refractivity contribution is 14.1. The van der Waals surface area contributed by atoms with E-state index >= 15 is 0 Å². The molecule has 0 saturated heterocycles. The lowest BCUT2D eigenvalue weighted by Crippen LogP contribution is -2.06. The van der Waals surface area contributed by atoms with Crippen LogP contribution in [0.2, 0.25) is 0 Å². The molecule has 1 N–H and O–H groups in total. The number of hydrogen-bond acceptors (Lipinski definition) is 2. The lowest BCUT2D eigenvalue weighted by molar-refractivity contribution is 0.970. The normalized spacial score (nSPS) is 10.9. The van der Waals surface area contributed by atoms with Crippen molar-refractivity contribution in [3.05, 3.63) is 33.0 Å². The van der Waals surface area contributed by atoms with Crippen molar-refractivity contribution in [2.45, 2.75) is 33.6 Å². The van der Waals surface area contributed by atoms with E-state index in [0.29, 0.717) is 0 Å². The van der Waals surface area contributed by atoms with Crippen molar-refractivity contribution in [1.82, 2.24) is 4.98 Å². The average molecular weight is 354 g/mol. The molecule has 0 bridgehead atoms. The molecule has 1 aromatic heterocycles. The summed E-state index contributed by atoms with van der Waals surface area (Å²) in [6.07, 6.45) is 2.11. The minimum atomic E-state index is 0.980. The molecule has 3 heteroatoms. The molecular weight excluding hydrogens is 335 g/mol. The summed E-state index contributed by atoms with van der Waals surface area (Å²) < 4.78 is 1.22. The number of pyridine rings is 1. The standard InChI is InChI=1S/C15H19IN2/c1-4-9-17-14-10(3)13(5-2)18-15-11(14)7-6-8-12(15)16/h6-8H,4-5,9H2,1-3H3,(H,17,18). The van der Waals surface area contributed by atoms with E-state index in [4.69, 9.17) is 4.98 Å². The van der Waals surface area contributed by atoms with Crippen molar-refractivity contribution in [1.29, 1.82) is 0 Å². The van der Waals surface area contributed by atoms with E-state index in [1.807, 2.05) is 0 Å². The Bertz CT molecular complexity index is 564. The van der Waals surface area contributed by atoms with Crippen molar-refractivity contribution in [3.8, 4) is 0 Å². The first-order valence-electron chi connectivity index (χ1n) is 6.50. The second kappa shape index (κ2) is 5.87. The van der Waals surface area contributed by atoms with Crippen molar-refractivity contribution in [2.24, 2.45) is 0 Å². The van der Waals surface area contributed by atoms with Crippen molar-refractivity contribution in [3.63, 3.8) is 0 Å². The van der Waals surface area contributed by atoms with Gasteiger partial charge in [-0.1, -0.05) is 26.0 Å². The van der Waals surface area contributed by atoms with Gasteiger partial charge in [-0.2, -0.15) is 0 Å². The van der Waals surface area contributed by atoms with E-state index in [0.717, 1.165) is 24.9 Å². The van der Waals surface area contributed by atoms with Crippen molar-refractivity contribution < 1.29 is 0 Å². The molecule has 0 unspecified atom stereocenters. The Morgan fingerprint density at radius 2 is 2.06 bits per heavy atom. The van der Waals surface area contributed by atoms with Crippen LogP contribution in [0.1, 0.15) is 31.5 Å². The summed E-state index contributed by atoms with van der Waals surface area (Å²) in [7, 11) is 0. The van der Waals surface area contributed by atoms with Crippen LogP contribution in [0.15, 0.2) is 18.2 Å². The molecule has 0 atom stereocenters. The fourth-order valence-electron chi connectivity index (χ4n) is 2.22. The summed E-state index contributed by atoms with van der Waals surface area (Å²) in [5, 5.41) is 4.80. The van der Waals surface area contributed by atoms with Crippen LogP contribution >= 0.6 is 22.6 Å². The zero-order valence-corrected chi connectivity index (χ0v) is 13.3. The first-order chi connectivity index (χ1) is 8.69. The number of hydrogen-bond donors (Lipinski definition) is 1. The van der Waals surface area contributed by atoms with Crippen molar-refractivity contribution in [2.75, 3.05) is 11.9 Å². The molecule has 0 saturated carbocycles. The van der Waals surface area contributed by atoms with Gasteiger partial charge in [0.15, 0.2) is 0 Å². The first kappa shape index (κ1) is 13.6. The summed E-state index contributed by atoms with van der Waals surface area (Å²) in [5.74, 6) is 0. The molecule has 0 aliphatic heterocycles. The number of rotatable bonds is 4. The highest BCUT2D eigenvalue weighted by Crippen LogP contribution is 2.30. The number of para-hydroxylation sites is 1. The third kappa shape index (κ3) is 2.46. The number of anilines is 1. The summed E-state index contributed by atoms with van der Waals surface area (Å²) in [6.45, 7) is 7.54. The third-order valence-electron chi connectivity index (χ3n) is 3.20. The molecule has 96 valence electrons. The molecule has 1 heterocycles. The van der Waals surface area contributed by atoms with Gasteiger partial charge in [0.2, 0.25) is 0 Å². The smallest absolute Gasteiger partial charge is 0.0859 e. The second-order valence-corrected chi connectivity index (χ2v) is 5.64. The molecule has 0 amide bonds. The van der Waals surface area contributed by atoms with E-state index in [9.17, 15) is 0 Å². The zero-order chi connectivity index (χ0) is 13.1. The van der Waals surface area contributed by atoms with Gasteiger partial charge < -0.3 is 5.32 Å². The van der Waals surface area contributed by atoms with Crippen LogP contribution in [0, 0.1) is 10.5 Å². The third-order valence-corrected chi connectivity index (χ3v) is 4.07. The molecule has 2 nitrogen and oxygen atoms in total. The molecule has 0 fully saturated rings. The van der Waals surface area contributed by atoms with Gasteiger partial charge in [-0.05, 0) is 54.0 Å². The largest absolute Gasteiger partial charge is 0.384 e. The van der Waals surface area contributed by atoms with Gasteiger partial charge in [-0.15, -0.1) is 0 Å². The summed E-state index contributed by atoms with van der Waals surface area (Å²) >= 11 is 2.37. The Morgan fingerprint density at radius 1 is 1.28 bits per heavy atom. The first-order valence-corrected chi connectivity index (χ1v) is 7.58. The molecule has 2 rings (SSSR count). The minimum Gasteiger partial charge on any atom is -0.384 e. The number of aryl methyl sites for hydroxylation is 1. The maximum atomic E-state index is 4.81. The number of halogens is 1. The Morgan fingerprint density at radius 3 is 2.72 bits per heavy atom. The number of aromatic nitrogens is 1. The molecule has 2 aromatic rings. The van der Waals surface area contributed by atoms with Crippen LogP contribution in [-0.2, 0) is 6.42 Å². The topological polar surface area (TPSA) is 24.9 Å². The SMILES string of the molecule is CCCNc1c(C)c(CC)nc2c(I)cccc12. The molecular formula is C15H19IN2. The van der Waals surface area contributed by atoms with E-state index in [2.05, 4.69) is 66.9 Å². The van der Waals surface area contributed by atoms with Crippen LogP contribution in [0.3, 0.4) is 0 Å². The monoisotopic (exact) mass is 354 g/mol. The van der Waals surface area contributed by atoms with Crippen LogP contribution in [-0.4, -0.2) is 11.5 Å². The maximum absolute atomic E-state index is 4.81. The predicted octanol–water partition coefficient (Wildman–Crippen LogP) is 4.53. The Hall–Kier alpha value is -0.840. The zero-order valence-electron chi connectivity index (χ0n) is 11.2. The van der Waals surface area contributed by atoms with Crippen LogP contribution < -0.4 is 5.32 Å². The Balaban J connectivity index is 2.70. The summed E-state index contributed by atoms with van der Waals surface area (Å²) in [6, 6.07) is 6.39. The fourth-order valence-corrected chi connectivity index (χ4v) is 2.84. The quantitative estimate of drug-likeness (QED) is 0.816. The average Bonchev–Trinajstić information content (AvgIpc) is 2.38. The van der Waals surface area contributed by atoms with E-state index < -0.39 is 0 Å². The van der Waals surface area contributed by atoms with Gasteiger partial charge in [0.05, 0.1) is 5.52 Å². The molecule has 0 aliphatic rings. The van der Waals surface area contributed by atoms with Crippen LogP contribution in [0.25, 0.3) is 10.9 Å². The summed E-state index contributed by atoms with van der Waals surface area (Å²) in [4.78, 5) is 4.81. The van der Waals surface area contributed by atoms with E-state index in [-0.39, 0.29) is 0 Å². The molecule has 0 spiro atoms. The lowest BCUT2D eigenvalue weighted by atomic mass is 10.1. The number of fused-ring (bicyclic) bond motifs is 1. The van der Waals surface area contributed by atoms with Crippen molar-refractivity contribution >= 4 is 39.2 Å². The molecule has 0 radical (unpaired) electrons. The number of benzene rings is 1. The number of nitrogens with zero attached hydrogens (tertiary/aromatic N) is 1. The van der Waals surface area contributed by atoms with Gasteiger partial charge in [-0.3, -0.25) is 4.98 Å². The molecule has 1 aromatic carbocycles. The Labute approximate surface area is 122 Å². The van der Waals surface area contributed by atoms with Crippen LogP contribution in [0.5, 0.6) is 0 Å². The maximum Gasteiger partial charge on any atom is 0.0859 e. The van der Waals surface area contributed by atoms with Gasteiger partial charge in [0, 0.05) is 26.9 Å². The highest BCUT2D eigenvalue weighted by atomic mass is 127. The van der Waals surface area contributed by atoms with E-state index in [1.165, 1.54) is 25.9 Å². The molecule has 18 heavy (non-hydrogen) atoms. The molecule has 0 aliphatic carbocycles.